The normalized spacial score (nSPS) is 13.9. The number of aldehydes is 1. The van der Waals surface area contributed by atoms with Gasteiger partial charge in [-0.1, -0.05) is 0 Å². The van der Waals surface area contributed by atoms with Crippen molar-refractivity contribution >= 4 is 34.2 Å². The molecule has 7 heteroatoms. The molecule has 3 heterocycles. The fraction of sp³-hybridized carbons (Fsp3) is 0.235. The molecule has 6 nitrogen and oxygen atoms in total. The number of amides is 1. The number of imidazole rings is 1. The highest BCUT2D eigenvalue weighted by atomic mass is 32.1. The maximum Gasteiger partial charge on any atom is 0.265 e. The lowest BCUT2D eigenvalue weighted by Crippen LogP contribution is -2.38. The molecule has 0 atom stereocenters. The predicted octanol–water partition coefficient (Wildman–Crippen LogP) is 2.93. The van der Waals surface area contributed by atoms with Gasteiger partial charge in [0, 0.05) is 23.2 Å². The van der Waals surface area contributed by atoms with Crippen LogP contribution in [-0.2, 0) is 4.79 Å². The first-order valence-corrected chi connectivity index (χ1v) is 8.45. The molecule has 0 fully saturated rings. The minimum Gasteiger partial charge on any atom is -0.482 e. The van der Waals surface area contributed by atoms with Gasteiger partial charge in [-0.3, -0.25) is 14.0 Å². The van der Waals surface area contributed by atoms with Gasteiger partial charge >= 0.3 is 0 Å². The summed E-state index contributed by atoms with van der Waals surface area (Å²) < 4.78 is 7.45. The second-order valence-electron chi connectivity index (χ2n) is 5.55. The van der Waals surface area contributed by atoms with E-state index in [0.29, 0.717) is 18.0 Å². The summed E-state index contributed by atoms with van der Waals surface area (Å²) in [6.45, 7) is 4.64. The van der Waals surface area contributed by atoms with Crippen molar-refractivity contribution in [2.24, 2.45) is 0 Å². The van der Waals surface area contributed by atoms with Gasteiger partial charge in [-0.15, -0.1) is 11.3 Å². The Morgan fingerprint density at radius 1 is 1.42 bits per heavy atom. The third-order valence-electron chi connectivity index (χ3n) is 4.12. The van der Waals surface area contributed by atoms with Gasteiger partial charge in [0.05, 0.1) is 11.4 Å². The predicted molar refractivity (Wildman–Crippen MR) is 92.2 cm³/mol. The smallest absolute Gasteiger partial charge is 0.265 e. The number of fused-ring (bicyclic) bond motifs is 2. The van der Waals surface area contributed by atoms with Gasteiger partial charge in [0.2, 0.25) is 0 Å². The lowest BCUT2D eigenvalue weighted by molar-refractivity contribution is -0.121. The largest absolute Gasteiger partial charge is 0.482 e. The van der Waals surface area contributed by atoms with E-state index in [1.165, 1.54) is 11.3 Å². The van der Waals surface area contributed by atoms with Crippen molar-refractivity contribution in [3.63, 3.8) is 0 Å². The van der Waals surface area contributed by atoms with E-state index in [0.717, 1.165) is 33.1 Å². The zero-order valence-corrected chi connectivity index (χ0v) is 14.1. The third kappa shape index (κ3) is 2.12. The summed E-state index contributed by atoms with van der Waals surface area (Å²) in [5, 5.41) is 0. The van der Waals surface area contributed by atoms with E-state index in [4.69, 9.17) is 4.74 Å². The van der Waals surface area contributed by atoms with Crippen LogP contribution >= 0.6 is 11.3 Å². The molecule has 24 heavy (non-hydrogen) atoms. The number of thiazole rings is 1. The molecule has 0 saturated heterocycles. The van der Waals surface area contributed by atoms with Crippen LogP contribution in [0.15, 0.2) is 24.4 Å². The van der Waals surface area contributed by atoms with Gasteiger partial charge in [-0.05, 0) is 32.0 Å². The molecule has 3 aromatic rings. The lowest BCUT2D eigenvalue weighted by atomic mass is 10.1. The van der Waals surface area contributed by atoms with Crippen LogP contribution in [0.2, 0.25) is 0 Å². The Morgan fingerprint density at radius 2 is 2.25 bits per heavy atom. The van der Waals surface area contributed by atoms with Crippen molar-refractivity contribution in [3.8, 4) is 17.0 Å². The summed E-state index contributed by atoms with van der Waals surface area (Å²) in [5.74, 6) is 0.670. The van der Waals surface area contributed by atoms with Crippen molar-refractivity contribution in [2.45, 2.75) is 13.8 Å². The summed E-state index contributed by atoms with van der Waals surface area (Å²) in [4.78, 5) is 30.9. The van der Waals surface area contributed by atoms with Crippen LogP contribution < -0.4 is 9.64 Å². The number of aryl methyl sites for hydroxylation is 1. The van der Waals surface area contributed by atoms with Gasteiger partial charge in [0.1, 0.15) is 11.4 Å². The zero-order valence-electron chi connectivity index (χ0n) is 13.3. The van der Waals surface area contributed by atoms with Crippen LogP contribution in [0.4, 0.5) is 5.69 Å². The summed E-state index contributed by atoms with van der Waals surface area (Å²) in [6, 6.07) is 5.82. The molecule has 0 N–H and O–H groups in total. The molecular formula is C17H15N3O3S. The molecule has 0 spiro atoms. The van der Waals surface area contributed by atoms with Gasteiger partial charge in [0.25, 0.3) is 5.91 Å². The summed E-state index contributed by atoms with van der Waals surface area (Å²) >= 11 is 1.54. The van der Waals surface area contributed by atoms with Crippen LogP contribution in [-0.4, -0.2) is 34.7 Å². The van der Waals surface area contributed by atoms with Crippen molar-refractivity contribution in [1.29, 1.82) is 0 Å². The summed E-state index contributed by atoms with van der Waals surface area (Å²) in [6.07, 6.45) is 2.48. The van der Waals surface area contributed by atoms with E-state index in [-0.39, 0.29) is 12.5 Å². The van der Waals surface area contributed by atoms with Gasteiger partial charge in [-0.25, -0.2) is 4.98 Å². The van der Waals surface area contributed by atoms with Gasteiger partial charge in [0.15, 0.2) is 17.9 Å². The van der Waals surface area contributed by atoms with Crippen LogP contribution in [0.25, 0.3) is 16.2 Å². The fourth-order valence-corrected chi connectivity index (χ4v) is 4.04. The molecule has 1 aliphatic rings. The second kappa shape index (κ2) is 5.45. The molecule has 0 bridgehead atoms. The Labute approximate surface area is 142 Å². The Balaban J connectivity index is 1.90. The number of hydrogen-bond acceptors (Lipinski definition) is 5. The number of ether oxygens (including phenoxy) is 1. The number of hydrogen-bond donors (Lipinski definition) is 0. The van der Waals surface area contributed by atoms with Crippen LogP contribution in [0.1, 0.15) is 22.3 Å². The van der Waals surface area contributed by atoms with Gasteiger partial charge in [-0.2, -0.15) is 0 Å². The SMILES string of the molecule is CCN1C(=O)COc2ccc(-c3c(C)sc4nc(C=O)cn34)cc21. The number of nitrogens with zero attached hydrogens (tertiary/aromatic N) is 3. The van der Waals surface area contributed by atoms with Crippen molar-refractivity contribution < 1.29 is 14.3 Å². The first-order chi connectivity index (χ1) is 11.6. The zero-order chi connectivity index (χ0) is 16.8. The number of benzene rings is 1. The minimum absolute atomic E-state index is 0.0415. The Kier molecular flexibility index (Phi) is 3.38. The van der Waals surface area contributed by atoms with E-state index in [9.17, 15) is 9.59 Å². The summed E-state index contributed by atoms with van der Waals surface area (Å²) in [5.41, 5.74) is 3.13. The molecule has 1 aliphatic heterocycles. The van der Waals surface area contributed by atoms with Gasteiger partial charge < -0.3 is 9.64 Å². The second-order valence-corrected chi connectivity index (χ2v) is 6.73. The minimum atomic E-state index is -0.0415. The van der Waals surface area contributed by atoms with E-state index < -0.39 is 0 Å². The Hall–Kier alpha value is -2.67. The topological polar surface area (TPSA) is 63.9 Å². The average Bonchev–Trinajstić information content (AvgIpc) is 3.10. The van der Waals surface area contributed by atoms with Crippen molar-refractivity contribution in [3.05, 3.63) is 35.0 Å². The monoisotopic (exact) mass is 341 g/mol. The van der Waals surface area contributed by atoms with Crippen LogP contribution in [0.5, 0.6) is 5.75 Å². The molecule has 0 aliphatic carbocycles. The van der Waals surface area contributed by atoms with E-state index in [1.54, 1.807) is 11.1 Å². The molecule has 0 saturated carbocycles. The van der Waals surface area contributed by atoms with E-state index in [1.807, 2.05) is 36.4 Å². The first-order valence-electron chi connectivity index (χ1n) is 7.63. The van der Waals surface area contributed by atoms with Crippen LogP contribution in [0, 0.1) is 6.92 Å². The number of carbonyl (C=O) groups is 2. The number of aromatic nitrogens is 2. The number of anilines is 1. The highest BCUT2D eigenvalue weighted by Crippen LogP contribution is 2.38. The Bertz CT molecular complexity index is 973. The quantitative estimate of drug-likeness (QED) is 0.687. The Morgan fingerprint density at radius 3 is 3.00 bits per heavy atom. The molecule has 2 aromatic heterocycles. The highest BCUT2D eigenvalue weighted by molar-refractivity contribution is 7.17. The fourth-order valence-electron chi connectivity index (χ4n) is 3.06. The molecule has 0 unspecified atom stereocenters. The lowest BCUT2D eigenvalue weighted by Gasteiger charge is -2.28. The molecule has 4 rings (SSSR count). The highest BCUT2D eigenvalue weighted by Gasteiger charge is 2.25. The van der Waals surface area contributed by atoms with Crippen LogP contribution in [0.3, 0.4) is 0 Å². The maximum absolute atomic E-state index is 12.1. The molecule has 0 radical (unpaired) electrons. The van der Waals surface area contributed by atoms with Crippen molar-refractivity contribution in [1.82, 2.24) is 9.38 Å². The number of carbonyl (C=O) groups excluding carboxylic acids is 2. The number of likely N-dealkylation sites (N-methyl/N-ethyl adjacent to an activating group) is 1. The standard InChI is InChI=1S/C17H15N3O3S/c1-3-19-13-6-11(4-5-14(13)23-9-15(19)22)16-10(2)24-17-18-12(8-21)7-20(16)17/h4-8H,3,9H2,1-2H3. The molecule has 1 amide bonds. The first kappa shape index (κ1) is 14.9. The third-order valence-corrected chi connectivity index (χ3v) is 5.09. The number of rotatable bonds is 3. The van der Waals surface area contributed by atoms with Crippen molar-refractivity contribution in [2.75, 3.05) is 18.1 Å². The average molecular weight is 341 g/mol. The maximum atomic E-state index is 12.1. The molecular weight excluding hydrogens is 326 g/mol. The molecule has 1 aromatic carbocycles. The summed E-state index contributed by atoms with van der Waals surface area (Å²) in [7, 11) is 0. The van der Waals surface area contributed by atoms with E-state index >= 15 is 0 Å². The van der Waals surface area contributed by atoms with E-state index in [2.05, 4.69) is 4.98 Å². The molecule has 122 valence electrons.